The highest BCUT2D eigenvalue weighted by atomic mass is 79.9. The molecule has 1 aliphatic rings. The van der Waals surface area contributed by atoms with E-state index in [9.17, 15) is 0 Å². The smallest absolute Gasteiger partial charge is 0.224 e. The van der Waals surface area contributed by atoms with Gasteiger partial charge in [0, 0.05) is 26.0 Å². The predicted molar refractivity (Wildman–Crippen MR) is 66.8 cm³/mol. The molecule has 0 bridgehead atoms. The molecule has 6 heteroatoms. The standard InChI is InChI=1S/C10H13BrClN3O/c11-8-6-14-10(12)15-9(8)13-5-7-1-3-16-4-2-7/h6-7H,1-5H2,(H,13,14,15). The highest BCUT2D eigenvalue weighted by Crippen LogP contribution is 2.22. The number of hydrogen-bond donors (Lipinski definition) is 1. The Hall–Kier alpha value is -0.390. The van der Waals surface area contributed by atoms with Gasteiger partial charge in [0.05, 0.1) is 4.47 Å². The maximum atomic E-state index is 5.74. The van der Waals surface area contributed by atoms with Gasteiger partial charge in [-0.25, -0.2) is 4.98 Å². The molecule has 16 heavy (non-hydrogen) atoms. The molecule has 1 aromatic rings. The van der Waals surface area contributed by atoms with Gasteiger partial charge in [-0.15, -0.1) is 0 Å². The average Bonchev–Trinajstić information content (AvgIpc) is 2.32. The Balaban J connectivity index is 1.90. The number of nitrogens with one attached hydrogen (secondary N) is 1. The van der Waals surface area contributed by atoms with Gasteiger partial charge in [-0.05, 0) is 46.3 Å². The number of ether oxygens (including phenoxy) is 1. The first-order chi connectivity index (χ1) is 7.75. The lowest BCUT2D eigenvalue weighted by Gasteiger charge is -2.22. The largest absolute Gasteiger partial charge is 0.381 e. The van der Waals surface area contributed by atoms with E-state index >= 15 is 0 Å². The van der Waals surface area contributed by atoms with E-state index in [4.69, 9.17) is 16.3 Å². The quantitative estimate of drug-likeness (QED) is 0.872. The van der Waals surface area contributed by atoms with E-state index < -0.39 is 0 Å². The first kappa shape index (κ1) is 12.1. The molecule has 0 amide bonds. The van der Waals surface area contributed by atoms with Gasteiger partial charge in [0.1, 0.15) is 5.82 Å². The lowest BCUT2D eigenvalue weighted by atomic mass is 10.0. The predicted octanol–water partition coefficient (Wildman–Crippen LogP) is 2.73. The van der Waals surface area contributed by atoms with Crippen molar-refractivity contribution in [3.63, 3.8) is 0 Å². The van der Waals surface area contributed by atoms with Crippen LogP contribution in [0.25, 0.3) is 0 Å². The summed E-state index contributed by atoms with van der Waals surface area (Å²) in [6, 6.07) is 0. The fourth-order valence-corrected chi connectivity index (χ4v) is 2.13. The molecule has 1 aromatic heterocycles. The van der Waals surface area contributed by atoms with Crippen LogP contribution in [0.15, 0.2) is 10.7 Å². The zero-order valence-electron chi connectivity index (χ0n) is 8.75. The van der Waals surface area contributed by atoms with E-state index in [0.717, 1.165) is 42.9 Å². The van der Waals surface area contributed by atoms with E-state index in [1.165, 1.54) is 0 Å². The van der Waals surface area contributed by atoms with Gasteiger partial charge in [-0.3, -0.25) is 0 Å². The van der Waals surface area contributed by atoms with Gasteiger partial charge < -0.3 is 10.1 Å². The fraction of sp³-hybridized carbons (Fsp3) is 0.600. The molecule has 1 aliphatic heterocycles. The van der Waals surface area contributed by atoms with E-state index in [1.807, 2.05) is 0 Å². The van der Waals surface area contributed by atoms with Crippen LogP contribution in [0.2, 0.25) is 5.28 Å². The topological polar surface area (TPSA) is 47.0 Å². The summed E-state index contributed by atoms with van der Waals surface area (Å²) in [5, 5.41) is 3.55. The molecule has 2 heterocycles. The number of nitrogens with zero attached hydrogens (tertiary/aromatic N) is 2. The third-order valence-electron chi connectivity index (χ3n) is 2.61. The number of rotatable bonds is 3. The van der Waals surface area contributed by atoms with Crippen molar-refractivity contribution in [3.8, 4) is 0 Å². The molecule has 0 aromatic carbocycles. The summed E-state index contributed by atoms with van der Waals surface area (Å²) in [7, 11) is 0. The van der Waals surface area contributed by atoms with Crippen LogP contribution in [-0.2, 0) is 4.74 Å². The summed E-state index contributed by atoms with van der Waals surface area (Å²) >= 11 is 9.12. The van der Waals surface area contributed by atoms with Crippen molar-refractivity contribution in [1.29, 1.82) is 0 Å². The second kappa shape index (κ2) is 5.80. The van der Waals surface area contributed by atoms with Gasteiger partial charge in [0.2, 0.25) is 5.28 Å². The van der Waals surface area contributed by atoms with Crippen LogP contribution < -0.4 is 5.32 Å². The first-order valence-corrected chi connectivity index (χ1v) is 6.42. The van der Waals surface area contributed by atoms with E-state index in [2.05, 4.69) is 31.2 Å². The third-order valence-corrected chi connectivity index (χ3v) is 3.38. The molecule has 0 aliphatic carbocycles. The zero-order valence-corrected chi connectivity index (χ0v) is 11.1. The fourth-order valence-electron chi connectivity index (χ4n) is 1.66. The molecule has 0 radical (unpaired) electrons. The van der Waals surface area contributed by atoms with Crippen LogP contribution in [0, 0.1) is 5.92 Å². The van der Waals surface area contributed by atoms with Crippen molar-refractivity contribution in [2.24, 2.45) is 5.92 Å². The summed E-state index contributed by atoms with van der Waals surface area (Å²) in [4.78, 5) is 8.00. The van der Waals surface area contributed by atoms with Gasteiger partial charge in [0.15, 0.2) is 0 Å². The minimum Gasteiger partial charge on any atom is -0.381 e. The molecule has 0 saturated carbocycles. The molecule has 0 unspecified atom stereocenters. The van der Waals surface area contributed by atoms with Crippen LogP contribution in [-0.4, -0.2) is 29.7 Å². The second-order valence-corrected chi connectivity index (χ2v) is 4.96. The summed E-state index contributed by atoms with van der Waals surface area (Å²) in [6.07, 6.45) is 3.86. The SMILES string of the molecule is Clc1ncc(Br)c(NCC2CCOCC2)n1. The second-order valence-electron chi connectivity index (χ2n) is 3.77. The highest BCUT2D eigenvalue weighted by Gasteiger charge is 2.14. The van der Waals surface area contributed by atoms with Crippen LogP contribution in [0.5, 0.6) is 0 Å². The lowest BCUT2D eigenvalue weighted by Crippen LogP contribution is -2.23. The average molecular weight is 307 g/mol. The van der Waals surface area contributed by atoms with E-state index in [0.29, 0.717) is 5.92 Å². The maximum Gasteiger partial charge on any atom is 0.224 e. The van der Waals surface area contributed by atoms with Crippen LogP contribution in [0.3, 0.4) is 0 Å². The van der Waals surface area contributed by atoms with Crippen molar-refractivity contribution < 1.29 is 4.74 Å². The summed E-state index contributed by atoms with van der Waals surface area (Å²) in [6.45, 7) is 2.62. The minimum atomic E-state index is 0.262. The van der Waals surface area contributed by atoms with Gasteiger partial charge in [-0.2, -0.15) is 4.98 Å². The molecule has 88 valence electrons. The van der Waals surface area contributed by atoms with Crippen LogP contribution >= 0.6 is 27.5 Å². The number of anilines is 1. The third kappa shape index (κ3) is 3.30. The number of halogens is 2. The summed E-state index contributed by atoms with van der Waals surface area (Å²) in [5.74, 6) is 1.40. The van der Waals surface area contributed by atoms with Crippen molar-refractivity contribution in [2.75, 3.05) is 25.1 Å². The van der Waals surface area contributed by atoms with E-state index in [-0.39, 0.29) is 5.28 Å². The normalized spacial score (nSPS) is 17.4. The highest BCUT2D eigenvalue weighted by molar-refractivity contribution is 9.10. The molecular weight excluding hydrogens is 293 g/mol. The molecule has 1 fully saturated rings. The Morgan fingerprint density at radius 3 is 3.00 bits per heavy atom. The van der Waals surface area contributed by atoms with Crippen molar-refractivity contribution in [3.05, 3.63) is 16.0 Å². The minimum absolute atomic E-state index is 0.262. The van der Waals surface area contributed by atoms with E-state index in [1.54, 1.807) is 6.20 Å². The molecule has 0 spiro atoms. The monoisotopic (exact) mass is 305 g/mol. The molecule has 1 N–H and O–H groups in total. The Bertz CT molecular complexity index is 358. The molecular formula is C10H13BrClN3O. The van der Waals surface area contributed by atoms with Crippen molar-refractivity contribution in [1.82, 2.24) is 9.97 Å². The van der Waals surface area contributed by atoms with Gasteiger partial charge in [0.25, 0.3) is 0 Å². The maximum absolute atomic E-state index is 5.74. The van der Waals surface area contributed by atoms with Gasteiger partial charge in [-0.1, -0.05) is 0 Å². The van der Waals surface area contributed by atoms with Crippen molar-refractivity contribution >= 4 is 33.3 Å². The molecule has 2 rings (SSSR count). The zero-order chi connectivity index (χ0) is 11.4. The summed E-state index contributed by atoms with van der Waals surface area (Å²) in [5.41, 5.74) is 0. The Morgan fingerprint density at radius 1 is 1.50 bits per heavy atom. The molecule has 4 nitrogen and oxygen atoms in total. The van der Waals surface area contributed by atoms with Crippen LogP contribution in [0.1, 0.15) is 12.8 Å². The molecule has 0 atom stereocenters. The Morgan fingerprint density at radius 2 is 2.25 bits per heavy atom. The summed E-state index contributed by atoms with van der Waals surface area (Å²) < 4.78 is 6.15. The van der Waals surface area contributed by atoms with Gasteiger partial charge >= 0.3 is 0 Å². The molecule has 1 saturated heterocycles. The van der Waals surface area contributed by atoms with Crippen molar-refractivity contribution in [2.45, 2.75) is 12.8 Å². The Kier molecular flexibility index (Phi) is 4.37. The first-order valence-electron chi connectivity index (χ1n) is 5.25. The number of aromatic nitrogens is 2. The van der Waals surface area contributed by atoms with Crippen LogP contribution in [0.4, 0.5) is 5.82 Å². The number of hydrogen-bond acceptors (Lipinski definition) is 4. The lowest BCUT2D eigenvalue weighted by molar-refractivity contribution is 0.0699. The Labute approximate surface area is 108 Å².